The second-order valence-corrected chi connectivity index (χ2v) is 6.59. The Hall–Kier alpha value is -3.68. The van der Waals surface area contributed by atoms with Crippen LogP contribution < -0.4 is 11.2 Å². The van der Waals surface area contributed by atoms with Crippen molar-refractivity contribution >= 4 is 23.7 Å². The zero-order valence-corrected chi connectivity index (χ0v) is 16.9. The Kier molecular flexibility index (Phi) is 6.79. The first kappa shape index (κ1) is 21.0. The maximum absolute atomic E-state index is 12.4. The van der Waals surface area contributed by atoms with Gasteiger partial charge in [-0.25, -0.2) is 9.59 Å². The Morgan fingerprint density at radius 3 is 2.37 bits per heavy atom. The number of nitrogens with zero attached hydrogens (tertiary/aromatic N) is 2. The summed E-state index contributed by atoms with van der Waals surface area (Å²) in [5.41, 5.74) is 4.47. The summed E-state index contributed by atoms with van der Waals surface area (Å²) >= 11 is 0. The first-order chi connectivity index (χ1) is 14.5. The van der Waals surface area contributed by atoms with Crippen LogP contribution in [0.25, 0.3) is 17.2 Å². The van der Waals surface area contributed by atoms with Gasteiger partial charge in [0.05, 0.1) is 18.8 Å². The maximum atomic E-state index is 12.4. The molecule has 0 spiro atoms. The van der Waals surface area contributed by atoms with Gasteiger partial charge in [-0.05, 0) is 60.9 Å². The molecule has 1 atom stereocenters. The highest BCUT2D eigenvalue weighted by molar-refractivity contribution is 5.96. The number of nitrogens with one attached hydrogen (secondary N) is 1. The Labute approximate surface area is 174 Å². The van der Waals surface area contributed by atoms with Gasteiger partial charge in [0.1, 0.15) is 6.17 Å². The molecule has 30 heavy (non-hydrogen) atoms. The molecule has 156 valence electrons. The molecule has 0 fully saturated rings. The quantitative estimate of drug-likeness (QED) is 0.324. The molecule has 1 aliphatic heterocycles. The van der Waals surface area contributed by atoms with Crippen LogP contribution in [0.4, 0.5) is 5.69 Å². The fourth-order valence-electron chi connectivity index (χ4n) is 3.21. The van der Waals surface area contributed by atoms with E-state index in [4.69, 9.17) is 15.3 Å². The molecule has 0 saturated carbocycles. The van der Waals surface area contributed by atoms with Crippen molar-refractivity contribution in [2.75, 3.05) is 18.5 Å². The van der Waals surface area contributed by atoms with Crippen LogP contribution >= 0.6 is 0 Å². The molecule has 8 heteroatoms. The minimum Gasteiger partial charge on any atom is -0.463 e. The van der Waals surface area contributed by atoms with Gasteiger partial charge >= 0.3 is 11.9 Å². The Balaban J connectivity index is 1.95. The summed E-state index contributed by atoms with van der Waals surface area (Å²) in [6.07, 6.45) is 1.63. The predicted molar refractivity (Wildman–Crippen MR) is 114 cm³/mol. The minimum absolute atomic E-state index is 0.284. The van der Waals surface area contributed by atoms with Crippen molar-refractivity contribution in [1.29, 1.82) is 0 Å². The summed E-state index contributed by atoms with van der Waals surface area (Å²) in [5.74, 6) is 4.47. The molecule has 0 radical (unpaired) electrons. The van der Waals surface area contributed by atoms with Gasteiger partial charge in [0.15, 0.2) is 0 Å². The maximum Gasteiger partial charge on any atom is 0.338 e. The number of anilines is 1. The molecule has 1 heterocycles. The van der Waals surface area contributed by atoms with Crippen LogP contribution in [0.1, 0.15) is 36.2 Å². The summed E-state index contributed by atoms with van der Waals surface area (Å²) in [5, 5.41) is 10.6. The third kappa shape index (κ3) is 4.83. The Bertz CT molecular complexity index is 983. The first-order valence-corrected chi connectivity index (χ1v) is 9.71. The summed E-state index contributed by atoms with van der Waals surface area (Å²) in [4.78, 5) is 24.2. The molecule has 8 nitrogen and oxygen atoms in total. The second-order valence-electron chi connectivity index (χ2n) is 6.59. The molecule has 2 aromatic rings. The highest BCUT2D eigenvalue weighted by Gasteiger charge is 2.22. The monoisotopic (exact) mass is 408 g/mol. The van der Waals surface area contributed by atoms with Gasteiger partial charge in [-0.1, -0.05) is 23.4 Å². The molecule has 0 aromatic heterocycles. The van der Waals surface area contributed by atoms with E-state index in [-0.39, 0.29) is 12.6 Å². The number of benzene rings is 2. The van der Waals surface area contributed by atoms with E-state index in [2.05, 4.69) is 15.7 Å². The number of nitrogens with two attached hydrogens (primary N) is 1. The van der Waals surface area contributed by atoms with Crippen LogP contribution in [0.5, 0.6) is 0 Å². The molecule has 1 unspecified atom stereocenters. The summed E-state index contributed by atoms with van der Waals surface area (Å²) in [6.45, 7) is 4.15. The summed E-state index contributed by atoms with van der Waals surface area (Å²) in [7, 11) is 0. The van der Waals surface area contributed by atoms with Crippen molar-refractivity contribution in [2.24, 2.45) is 16.2 Å². The zero-order valence-electron chi connectivity index (χ0n) is 16.9. The van der Waals surface area contributed by atoms with Crippen LogP contribution in [0, 0.1) is 0 Å². The molecular weight excluding hydrogens is 384 g/mol. The smallest absolute Gasteiger partial charge is 0.338 e. The number of esters is 2. The average molecular weight is 408 g/mol. The van der Waals surface area contributed by atoms with E-state index >= 15 is 0 Å². The van der Waals surface area contributed by atoms with Gasteiger partial charge in [0.25, 0.3) is 0 Å². The van der Waals surface area contributed by atoms with E-state index in [1.165, 1.54) is 0 Å². The van der Waals surface area contributed by atoms with E-state index in [1.54, 1.807) is 32.1 Å². The van der Waals surface area contributed by atoms with Gasteiger partial charge < -0.3 is 20.6 Å². The minimum atomic E-state index is -0.471. The van der Waals surface area contributed by atoms with Crippen molar-refractivity contribution in [3.8, 4) is 11.1 Å². The highest BCUT2D eigenvalue weighted by atomic mass is 16.5. The van der Waals surface area contributed by atoms with E-state index in [1.807, 2.05) is 30.3 Å². The van der Waals surface area contributed by atoms with E-state index in [0.717, 1.165) is 22.4 Å². The lowest BCUT2D eigenvalue weighted by Crippen LogP contribution is -2.19. The third-order valence-corrected chi connectivity index (χ3v) is 4.59. The van der Waals surface area contributed by atoms with Crippen molar-refractivity contribution in [2.45, 2.75) is 26.4 Å². The van der Waals surface area contributed by atoms with Crippen LogP contribution in [0.3, 0.4) is 0 Å². The summed E-state index contributed by atoms with van der Waals surface area (Å²) < 4.78 is 10.2. The van der Waals surface area contributed by atoms with E-state index in [9.17, 15) is 9.59 Å². The number of hydrogen-bond acceptors (Lipinski definition) is 7. The Morgan fingerprint density at radius 2 is 1.70 bits per heavy atom. The van der Waals surface area contributed by atoms with Gasteiger partial charge in [0, 0.05) is 17.7 Å². The van der Waals surface area contributed by atoms with Crippen molar-refractivity contribution in [1.82, 2.24) is 0 Å². The molecule has 0 aliphatic carbocycles. The fraction of sp³-hybridized carbons (Fsp3) is 0.273. The normalized spacial score (nSPS) is 15.5. The largest absolute Gasteiger partial charge is 0.463 e. The standard InChI is InChI=1S/C22H24N4O4/c1-3-29-21(27)15-7-5-14(6-8-15)16-9-10-19-17(11-16)12-18(22(28)30-4-2)13-20(24-19)25-26-23/h5-12,20,24H,3-4,13H2,1-2H3,(H2,23,25). The van der Waals surface area contributed by atoms with E-state index in [0.29, 0.717) is 24.2 Å². The molecule has 1 aliphatic rings. The lowest BCUT2D eigenvalue weighted by Gasteiger charge is -2.14. The van der Waals surface area contributed by atoms with Gasteiger partial charge in [0.2, 0.25) is 0 Å². The third-order valence-electron chi connectivity index (χ3n) is 4.59. The van der Waals surface area contributed by atoms with Crippen LogP contribution in [0.2, 0.25) is 0 Å². The average Bonchev–Trinajstić information content (AvgIpc) is 2.93. The van der Waals surface area contributed by atoms with Crippen LogP contribution in [0.15, 0.2) is 58.4 Å². The van der Waals surface area contributed by atoms with Crippen molar-refractivity contribution in [3.05, 3.63) is 59.2 Å². The number of fused-ring (bicyclic) bond motifs is 1. The number of hydrogen-bond donors (Lipinski definition) is 2. The van der Waals surface area contributed by atoms with Gasteiger partial charge in [-0.2, -0.15) is 0 Å². The predicted octanol–water partition coefficient (Wildman–Crippen LogP) is 3.94. The van der Waals surface area contributed by atoms with Crippen molar-refractivity contribution in [3.63, 3.8) is 0 Å². The number of carbonyl (C=O) groups excluding carboxylic acids is 2. The molecule has 0 bridgehead atoms. The first-order valence-electron chi connectivity index (χ1n) is 9.71. The number of ether oxygens (including phenoxy) is 2. The fourth-order valence-corrected chi connectivity index (χ4v) is 3.21. The zero-order chi connectivity index (χ0) is 21.5. The molecule has 0 amide bonds. The molecule has 3 rings (SSSR count). The second kappa shape index (κ2) is 9.69. The Morgan fingerprint density at radius 1 is 1.03 bits per heavy atom. The topological polar surface area (TPSA) is 115 Å². The molecule has 2 aromatic carbocycles. The molecule has 3 N–H and O–H groups in total. The number of rotatable bonds is 6. The van der Waals surface area contributed by atoms with E-state index < -0.39 is 12.1 Å². The highest BCUT2D eigenvalue weighted by Crippen LogP contribution is 2.31. The molecular formula is C22H24N4O4. The molecule has 0 saturated heterocycles. The van der Waals surface area contributed by atoms with Crippen molar-refractivity contribution < 1.29 is 19.1 Å². The van der Waals surface area contributed by atoms with Gasteiger partial charge in [-0.15, -0.1) is 5.11 Å². The van der Waals surface area contributed by atoms with Crippen LogP contribution in [-0.2, 0) is 14.3 Å². The number of carbonyl (C=O) groups is 2. The van der Waals surface area contributed by atoms with Gasteiger partial charge in [-0.3, -0.25) is 0 Å². The summed E-state index contributed by atoms with van der Waals surface area (Å²) in [6, 6.07) is 13.0. The SMILES string of the molecule is CCOC(=O)C1=Cc2cc(-c3ccc(C(=O)OCC)cc3)ccc2NC(N=NN)C1. The lowest BCUT2D eigenvalue weighted by atomic mass is 9.99. The lowest BCUT2D eigenvalue weighted by molar-refractivity contribution is -0.138. The van der Waals surface area contributed by atoms with Crippen LogP contribution in [-0.4, -0.2) is 31.3 Å².